The number of hydrogen-bond donors (Lipinski definition) is 0. The molecule has 0 nitrogen and oxygen atoms in total. The maximum atomic E-state index is 2.61. The molecule has 0 aromatic heterocycles. The molecule has 0 radical (unpaired) electrons. The van der Waals surface area contributed by atoms with Crippen molar-refractivity contribution in [1.29, 1.82) is 0 Å². The smallest absolute Gasteiger partial charge is 1.00 e. The van der Waals surface area contributed by atoms with Crippen LogP contribution in [0.5, 0.6) is 0 Å². The van der Waals surface area contributed by atoms with Crippen molar-refractivity contribution in [3.05, 3.63) is 47.6 Å². The molecule has 2 aliphatic rings. The fraction of sp³-hybridized carbons (Fsp3) is 0.600. The van der Waals surface area contributed by atoms with Gasteiger partial charge in [0, 0.05) is 0 Å². The van der Waals surface area contributed by atoms with Crippen LogP contribution in [0.25, 0.3) is 0 Å². The average Bonchev–Trinajstić information content (AvgIpc) is 2.99. The second-order valence-corrected chi connectivity index (χ2v) is 12.0. The van der Waals surface area contributed by atoms with Gasteiger partial charge in [-0.25, -0.2) is 0 Å². The molecule has 128 valence electrons. The second kappa shape index (κ2) is 10.4. The van der Waals surface area contributed by atoms with E-state index in [0.29, 0.717) is 6.25 Å². The van der Waals surface area contributed by atoms with Crippen LogP contribution in [0.15, 0.2) is 47.6 Å². The Balaban J connectivity index is 0.00000242. The van der Waals surface area contributed by atoms with Crippen LogP contribution >= 0.6 is 0 Å². The quantitative estimate of drug-likeness (QED) is 0.533. The van der Waals surface area contributed by atoms with Gasteiger partial charge in [0.1, 0.15) is 0 Å². The maximum Gasteiger partial charge on any atom is -1.00 e. The van der Waals surface area contributed by atoms with Gasteiger partial charge >= 0.3 is 143 Å². The molecule has 0 amide bonds. The third kappa shape index (κ3) is 6.34. The molecular formula is C20H30Cl2Zr. The summed E-state index contributed by atoms with van der Waals surface area (Å²) in [6.45, 7) is 9.18. The second-order valence-electron chi connectivity index (χ2n) is 6.86. The van der Waals surface area contributed by atoms with Gasteiger partial charge in [-0.2, -0.15) is 0 Å². The van der Waals surface area contributed by atoms with Crippen LogP contribution in [0.3, 0.4) is 0 Å². The molecule has 3 heteroatoms. The van der Waals surface area contributed by atoms with Crippen molar-refractivity contribution in [2.45, 2.75) is 72.5 Å². The Hall–Kier alpha value is 0.423. The summed E-state index contributed by atoms with van der Waals surface area (Å²) in [5, 5.41) is 0. The average molecular weight is 433 g/mol. The molecule has 23 heavy (non-hydrogen) atoms. The molecule has 0 heterocycles. The van der Waals surface area contributed by atoms with E-state index in [2.05, 4.69) is 64.2 Å². The molecular weight excluding hydrogens is 402 g/mol. The van der Waals surface area contributed by atoms with Crippen LogP contribution in [0.4, 0.5) is 0 Å². The minimum atomic E-state index is -0.623. The van der Waals surface area contributed by atoms with E-state index in [-0.39, 0.29) is 24.8 Å². The van der Waals surface area contributed by atoms with E-state index >= 15 is 0 Å². The van der Waals surface area contributed by atoms with Crippen molar-refractivity contribution < 1.29 is 48.0 Å². The summed E-state index contributed by atoms with van der Waals surface area (Å²) in [5.74, 6) is 0. The zero-order chi connectivity index (χ0) is 15.3. The monoisotopic (exact) mass is 430 g/mol. The first-order valence-corrected chi connectivity index (χ1v) is 11.1. The number of halogens is 2. The van der Waals surface area contributed by atoms with E-state index in [0.717, 1.165) is 0 Å². The topological polar surface area (TPSA) is 0 Å². The van der Waals surface area contributed by atoms with E-state index in [1.165, 1.54) is 49.7 Å². The number of rotatable bonds is 8. The van der Waals surface area contributed by atoms with Crippen molar-refractivity contribution in [1.82, 2.24) is 0 Å². The molecule has 2 aliphatic carbocycles. The van der Waals surface area contributed by atoms with Crippen LogP contribution in [0.2, 0.25) is 6.25 Å². The molecule has 0 aromatic carbocycles. The van der Waals surface area contributed by atoms with E-state index in [1.807, 2.05) is 0 Å². The zero-order valence-electron chi connectivity index (χ0n) is 15.0. The van der Waals surface area contributed by atoms with Crippen molar-refractivity contribution in [2.24, 2.45) is 0 Å². The largest absolute Gasteiger partial charge is 1.00 e. The summed E-state index contributed by atoms with van der Waals surface area (Å²) >= 11 is -0.623. The SMILES string of the molecule is CCCC[C]1([Zr+2][C]2(CCCC)C=CC(C)=C2)C=CC(C)=C1.[Cl-].[Cl-]. The Bertz CT molecular complexity index is 446. The van der Waals surface area contributed by atoms with Crippen molar-refractivity contribution in [3.8, 4) is 0 Å². The van der Waals surface area contributed by atoms with Gasteiger partial charge in [-0.05, 0) is 0 Å². The first kappa shape index (κ1) is 23.4. The van der Waals surface area contributed by atoms with Crippen LogP contribution in [0, 0.1) is 0 Å². The van der Waals surface area contributed by atoms with Crippen molar-refractivity contribution >= 4 is 0 Å². The normalized spacial score (nSPS) is 27.8. The third-order valence-corrected chi connectivity index (χ3v) is 9.66. The first-order chi connectivity index (χ1) is 10.0. The summed E-state index contributed by atoms with van der Waals surface area (Å²) < 4.78 is 0.922. The predicted molar refractivity (Wildman–Crippen MR) is 90.2 cm³/mol. The molecule has 2 atom stereocenters. The molecule has 0 saturated carbocycles. The summed E-state index contributed by atoms with van der Waals surface area (Å²) in [5.41, 5.74) is 2.97. The molecule has 2 rings (SSSR count). The van der Waals surface area contributed by atoms with E-state index in [9.17, 15) is 0 Å². The van der Waals surface area contributed by atoms with Crippen molar-refractivity contribution in [2.75, 3.05) is 0 Å². The van der Waals surface area contributed by atoms with Gasteiger partial charge < -0.3 is 24.8 Å². The van der Waals surface area contributed by atoms with Crippen molar-refractivity contribution in [3.63, 3.8) is 0 Å². The van der Waals surface area contributed by atoms with Crippen LogP contribution < -0.4 is 24.8 Å². The van der Waals surface area contributed by atoms with E-state index < -0.39 is 23.2 Å². The number of unbranched alkanes of at least 4 members (excludes halogenated alkanes) is 2. The fourth-order valence-electron chi connectivity index (χ4n) is 3.53. The Labute approximate surface area is 167 Å². The number of allylic oxidation sites excluding steroid dienone is 8. The van der Waals surface area contributed by atoms with Crippen LogP contribution in [0.1, 0.15) is 66.2 Å². The van der Waals surface area contributed by atoms with Gasteiger partial charge in [0.15, 0.2) is 0 Å². The standard InChI is InChI=1S/2C10H15.2ClH.Zr/c2*1-3-4-5-10-7-6-9(2)8-10;;;/h2*6-8H,3-5H2,1-2H3;2*1H;/q;;;;+2/p-2. The Morgan fingerprint density at radius 1 is 0.783 bits per heavy atom. The van der Waals surface area contributed by atoms with Gasteiger partial charge in [-0.15, -0.1) is 0 Å². The summed E-state index contributed by atoms with van der Waals surface area (Å²) in [4.78, 5) is 0. The van der Waals surface area contributed by atoms with Gasteiger partial charge in [0.05, 0.1) is 0 Å². The first-order valence-electron chi connectivity index (χ1n) is 8.60. The molecule has 0 bridgehead atoms. The van der Waals surface area contributed by atoms with Crippen LogP contribution in [-0.2, 0) is 23.2 Å². The Morgan fingerprint density at radius 3 is 1.43 bits per heavy atom. The summed E-state index contributed by atoms with van der Waals surface area (Å²) in [6, 6.07) is 0. The summed E-state index contributed by atoms with van der Waals surface area (Å²) in [6.07, 6.45) is 23.2. The predicted octanol–water partition coefficient (Wildman–Crippen LogP) is 0.807. The molecule has 2 unspecified atom stereocenters. The summed E-state index contributed by atoms with van der Waals surface area (Å²) in [7, 11) is 0. The molecule has 0 N–H and O–H groups in total. The molecule has 0 spiro atoms. The Morgan fingerprint density at radius 2 is 1.17 bits per heavy atom. The third-order valence-electron chi connectivity index (χ3n) is 4.61. The fourth-order valence-corrected chi connectivity index (χ4v) is 9.44. The maximum absolute atomic E-state index is 2.61. The molecule has 0 saturated heterocycles. The number of hydrogen-bond acceptors (Lipinski definition) is 0. The van der Waals surface area contributed by atoms with Gasteiger partial charge in [-0.1, -0.05) is 0 Å². The molecule has 0 aromatic rings. The zero-order valence-corrected chi connectivity index (χ0v) is 18.9. The Kier molecular flexibility index (Phi) is 10.6. The van der Waals surface area contributed by atoms with Gasteiger partial charge in [0.25, 0.3) is 0 Å². The molecule has 0 fully saturated rings. The minimum absolute atomic E-state index is 0. The van der Waals surface area contributed by atoms with Crippen LogP contribution in [-0.4, -0.2) is 0 Å². The van der Waals surface area contributed by atoms with Gasteiger partial charge in [0.2, 0.25) is 0 Å². The van der Waals surface area contributed by atoms with E-state index in [4.69, 9.17) is 0 Å². The molecule has 0 aliphatic heterocycles. The van der Waals surface area contributed by atoms with E-state index in [1.54, 1.807) is 0 Å². The van der Waals surface area contributed by atoms with Gasteiger partial charge in [-0.3, -0.25) is 0 Å². The minimum Gasteiger partial charge on any atom is -1.00 e.